The third-order valence-corrected chi connectivity index (χ3v) is 9.57. The van der Waals surface area contributed by atoms with E-state index in [0.717, 1.165) is 34.4 Å². The number of carboxylic acid groups (broad SMARTS) is 1. The number of carbonyl (C=O) groups is 2. The van der Waals surface area contributed by atoms with E-state index in [9.17, 15) is 55.5 Å². The molecule has 16 heteroatoms. The highest BCUT2D eigenvalue weighted by Gasteiger charge is 2.56. The number of carbonyl (C=O) groups excluding carboxylic acids is 1. The minimum Gasteiger partial charge on any atom is -0.508 e. The lowest BCUT2D eigenvalue weighted by atomic mass is 9.87. The predicted molar refractivity (Wildman–Crippen MR) is 185 cm³/mol. The number of rotatable bonds is 12. The molecule has 10 N–H and O–H groups in total. The van der Waals surface area contributed by atoms with Crippen molar-refractivity contribution >= 4 is 23.6 Å². The number of hydrogen-bond acceptors (Lipinski definition) is 13. The van der Waals surface area contributed by atoms with E-state index < -0.39 is 72.3 Å². The Hall–Kier alpha value is -5.33. The average Bonchev–Trinajstić information content (AvgIpc) is 3.77. The smallest absolute Gasteiger partial charge is 0.355 e. The van der Waals surface area contributed by atoms with Crippen molar-refractivity contribution in [2.45, 2.75) is 68.2 Å². The molecular formula is C37H39N3O13. The first-order valence-electron chi connectivity index (χ1n) is 16.7. The first-order valence-corrected chi connectivity index (χ1v) is 16.7. The maximum Gasteiger partial charge on any atom is 0.355 e. The number of aromatic amines is 1. The minimum atomic E-state index is -3.11. The van der Waals surface area contributed by atoms with Crippen LogP contribution >= 0.6 is 0 Å². The van der Waals surface area contributed by atoms with Crippen LogP contribution in [0.4, 0.5) is 5.69 Å². The average molecular weight is 734 g/mol. The number of aromatic nitrogens is 2. The SMILES string of the molecule is O=C(O)C1C(CCc2ccccc2CO)c2cc(O)c(OC3(O)OC(CO)C(O)C(O)C3O)cc2N1C(=O)C=Cc1ccc(O)c(Cc2cnc[nH]2)c1. The maximum atomic E-state index is 14.1. The highest BCUT2D eigenvalue weighted by Crippen LogP contribution is 2.49. The first-order chi connectivity index (χ1) is 25.3. The van der Waals surface area contributed by atoms with Gasteiger partial charge < -0.3 is 60.4 Å². The number of nitrogens with zero attached hydrogens (tertiary/aromatic N) is 2. The molecule has 0 spiro atoms. The zero-order chi connectivity index (χ0) is 38.0. The van der Waals surface area contributed by atoms with Crippen molar-refractivity contribution in [3.05, 3.63) is 107 Å². The number of phenolic OH excluding ortho intramolecular Hbond substituents is 2. The maximum absolute atomic E-state index is 14.1. The lowest BCUT2D eigenvalue weighted by Gasteiger charge is -2.44. The summed E-state index contributed by atoms with van der Waals surface area (Å²) < 4.78 is 10.6. The Labute approximate surface area is 302 Å². The van der Waals surface area contributed by atoms with Gasteiger partial charge in [0, 0.05) is 41.9 Å². The number of carboxylic acids is 1. The van der Waals surface area contributed by atoms with Crippen molar-refractivity contribution in [3.63, 3.8) is 0 Å². The summed E-state index contributed by atoms with van der Waals surface area (Å²) in [7, 11) is 0. The van der Waals surface area contributed by atoms with Crippen molar-refractivity contribution in [3.8, 4) is 17.2 Å². The molecule has 0 saturated carbocycles. The zero-order valence-corrected chi connectivity index (χ0v) is 28.1. The third-order valence-electron chi connectivity index (χ3n) is 9.57. The number of aliphatic hydroxyl groups excluding tert-OH is 5. The molecule has 2 aliphatic rings. The summed E-state index contributed by atoms with van der Waals surface area (Å²) in [5.74, 6) is -7.41. The van der Waals surface area contributed by atoms with Gasteiger partial charge in [0.2, 0.25) is 0 Å². The van der Waals surface area contributed by atoms with E-state index in [-0.39, 0.29) is 36.4 Å². The van der Waals surface area contributed by atoms with Gasteiger partial charge in [0.05, 0.1) is 25.2 Å². The van der Waals surface area contributed by atoms with E-state index in [2.05, 4.69) is 9.97 Å². The molecule has 0 bridgehead atoms. The van der Waals surface area contributed by atoms with Crippen molar-refractivity contribution in [2.24, 2.45) is 0 Å². The van der Waals surface area contributed by atoms with Gasteiger partial charge >= 0.3 is 11.9 Å². The fourth-order valence-corrected chi connectivity index (χ4v) is 6.83. The van der Waals surface area contributed by atoms with Crippen molar-refractivity contribution in [1.82, 2.24) is 9.97 Å². The summed E-state index contributed by atoms with van der Waals surface area (Å²) in [5, 5.41) is 93.7. The molecule has 7 atom stereocenters. The molecular weight excluding hydrogens is 694 g/mol. The molecule has 1 fully saturated rings. The van der Waals surface area contributed by atoms with Crippen LogP contribution in [0.25, 0.3) is 6.08 Å². The van der Waals surface area contributed by atoms with Gasteiger partial charge in [-0.3, -0.25) is 9.69 Å². The largest absolute Gasteiger partial charge is 0.508 e. The normalized spacial score (nSPS) is 25.4. The minimum absolute atomic E-state index is 0.0153. The molecule has 280 valence electrons. The molecule has 7 unspecified atom stereocenters. The van der Waals surface area contributed by atoms with E-state index in [1.165, 1.54) is 18.5 Å². The summed E-state index contributed by atoms with van der Waals surface area (Å²) in [5.41, 5.74) is 3.36. The number of amides is 1. The second-order valence-electron chi connectivity index (χ2n) is 12.9. The topological polar surface area (TPSA) is 267 Å². The Balaban J connectivity index is 1.37. The molecule has 0 aliphatic carbocycles. The van der Waals surface area contributed by atoms with Gasteiger partial charge in [-0.15, -0.1) is 0 Å². The van der Waals surface area contributed by atoms with Crippen LogP contribution in [0.15, 0.2) is 73.2 Å². The van der Waals surface area contributed by atoms with Gasteiger partial charge in [0.1, 0.15) is 30.1 Å². The zero-order valence-electron chi connectivity index (χ0n) is 28.1. The van der Waals surface area contributed by atoms with Gasteiger partial charge in [-0.2, -0.15) is 0 Å². The van der Waals surface area contributed by atoms with E-state index >= 15 is 0 Å². The molecule has 6 rings (SSSR count). The molecule has 53 heavy (non-hydrogen) atoms. The van der Waals surface area contributed by atoms with E-state index in [4.69, 9.17) is 9.47 Å². The monoisotopic (exact) mass is 733 g/mol. The highest BCUT2D eigenvalue weighted by atomic mass is 16.8. The fourth-order valence-electron chi connectivity index (χ4n) is 6.83. The lowest BCUT2D eigenvalue weighted by molar-refractivity contribution is -0.422. The number of aryl methyl sites for hydroxylation is 1. The molecule has 1 aromatic heterocycles. The fraction of sp³-hybridized carbons (Fsp3) is 0.324. The summed E-state index contributed by atoms with van der Waals surface area (Å²) in [6.45, 7) is -1.15. The number of nitrogens with one attached hydrogen (secondary N) is 1. The number of phenols is 2. The summed E-state index contributed by atoms with van der Waals surface area (Å²) in [6.07, 6.45) is -1.33. The molecule has 3 aromatic carbocycles. The Morgan fingerprint density at radius 1 is 0.981 bits per heavy atom. The Morgan fingerprint density at radius 3 is 2.42 bits per heavy atom. The molecule has 4 aromatic rings. The molecule has 2 aliphatic heterocycles. The Bertz CT molecular complexity index is 1980. The van der Waals surface area contributed by atoms with E-state index in [1.807, 2.05) is 0 Å². The van der Waals surface area contributed by atoms with Gasteiger partial charge in [0.15, 0.2) is 17.6 Å². The summed E-state index contributed by atoms with van der Waals surface area (Å²) >= 11 is 0. The lowest BCUT2D eigenvalue weighted by Crippen LogP contribution is -2.67. The number of aliphatic carboxylic acids is 1. The number of imidazole rings is 1. The number of ether oxygens (including phenoxy) is 2. The van der Waals surface area contributed by atoms with Gasteiger partial charge in [-0.25, -0.2) is 9.78 Å². The first kappa shape index (κ1) is 37.4. The molecule has 0 radical (unpaired) electrons. The third kappa shape index (κ3) is 7.47. The standard InChI is InChI=1S/C37H39N3O13/c41-16-21-4-2-1-3-20(21)7-8-24-25-13-28(44)29(52-37(51)35(48)34(47)33(46)30(17-42)53-37)14-26(25)40(32(24)36(49)50)31(45)10-6-19-5-9-27(43)22(11-19)12-23-15-38-18-39-23/h1-6,9-11,13-15,18,24,30,32-35,41-44,46-48,51H,7-8,12,16-17H2,(H,38,39)(H,49,50). The van der Waals surface area contributed by atoms with Crippen molar-refractivity contribution < 1.29 is 65.0 Å². The van der Waals surface area contributed by atoms with E-state index in [1.54, 1.807) is 42.6 Å². The van der Waals surface area contributed by atoms with Gasteiger partial charge in [0.25, 0.3) is 5.91 Å². The van der Waals surface area contributed by atoms with Crippen LogP contribution in [0.2, 0.25) is 0 Å². The number of fused-ring (bicyclic) bond motifs is 1. The summed E-state index contributed by atoms with van der Waals surface area (Å²) in [6, 6.07) is 12.5. The number of aliphatic hydroxyl groups is 6. The van der Waals surface area contributed by atoms with Crippen LogP contribution in [0.1, 0.15) is 45.8 Å². The Morgan fingerprint density at radius 2 is 1.74 bits per heavy atom. The van der Waals surface area contributed by atoms with E-state index in [0.29, 0.717) is 23.1 Å². The number of benzene rings is 3. The van der Waals surface area contributed by atoms with Crippen LogP contribution in [-0.4, -0.2) is 111 Å². The molecule has 16 nitrogen and oxygen atoms in total. The summed E-state index contributed by atoms with van der Waals surface area (Å²) in [4.78, 5) is 35.0. The molecule has 1 amide bonds. The van der Waals surface area contributed by atoms with Gasteiger partial charge in [-0.05, 0) is 59.4 Å². The van der Waals surface area contributed by atoms with Crippen LogP contribution < -0.4 is 9.64 Å². The number of H-pyrrole nitrogens is 1. The Kier molecular flexibility index (Phi) is 10.8. The predicted octanol–water partition coefficient (Wildman–Crippen LogP) is 0.632. The number of aromatic hydroxyl groups is 2. The number of hydrogen-bond donors (Lipinski definition) is 10. The second kappa shape index (κ2) is 15.3. The van der Waals surface area contributed by atoms with Crippen LogP contribution in [0.5, 0.6) is 17.2 Å². The van der Waals surface area contributed by atoms with Crippen LogP contribution in [0.3, 0.4) is 0 Å². The van der Waals surface area contributed by atoms with Gasteiger partial charge in [-0.1, -0.05) is 30.3 Å². The highest BCUT2D eigenvalue weighted by molar-refractivity contribution is 6.09. The van der Waals surface area contributed by atoms with Crippen LogP contribution in [0, 0.1) is 0 Å². The van der Waals surface area contributed by atoms with Crippen molar-refractivity contribution in [2.75, 3.05) is 11.5 Å². The quantitative estimate of drug-likeness (QED) is 0.0708. The van der Waals surface area contributed by atoms with Crippen LogP contribution in [-0.2, 0) is 33.8 Å². The molecule has 1 saturated heterocycles. The van der Waals surface area contributed by atoms with Crippen molar-refractivity contribution in [1.29, 1.82) is 0 Å². The molecule has 3 heterocycles. The second-order valence-corrected chi connectivity index (χ2v) is 12.9. The number of anilines is 1.